The molecule has 110 valence electrons. The fourth-order valence-corrected chi connectivity index (χ4v) is 4.47. The van der Waals surface area contributed by atoms with E-state index < -0.39 is 0 Å². The maximum atomic E-state index is 11.0. The zero-order chi connectivity index (χ0) is 13.1. The standard InChI is InChI=1S/C16H29NO2/c18-15-14(17-10-3-1-4-11-17)7-6-9-16(15)8-2-5-12-19-13-16/h14-15,18H,1-13H2/t14-,15+,16+/m1/s1. The molecule has 0 unspecified atom stereocenters. The second-order valence-electron chi connectivity index (χ2n) is 6.87. The highest BCUT2D eigenvalue weighted by Gasteiger charge is 2.46. The Bertz CT molecular complexity index is 280. The lowest BCUT2D eigenvalue weighted by molar-refractivity contribution is -0.108. The molecule has 0 amide bonds. The Balaban J connectivity index is 1.71. The summed E-state index contributed by atoms with van der Waals surface area (Å²) in [7, 11) is 0. The molecule has 3 atom stereocenters. The third-order valence-corrected chi connectivity index (χ3v) is 5.63. The Morgan fingerprint density at radius 1 is 0.947 bits per heavy atom. The van der Waals surface area contributed by atoms with Gasteiger partial charge in [-0.1, -0.05) is 19.3 Å². The molecule has 0 aromatic heterocycles. The van der Waals surface area contributed by atoms with Crippen LogP contribution >= 0.6 is 0 Å². The largest absolute Gasteiger partial charge is 0.391 e. The highest BCUT2D eigenvalue weighted by molar-refractivity contribution is 4.99. The molecule has 2 saturated heterocycles. The first kappa shape index (κ1) is 13.8. The number of ether oxygens (including phenoxy) is 1. The molecule has 1 aliphatic carbocycles. The third kappa shape index (κ3) is 2.84. The maximum absolute atomic E-state index is 11.0. The zero-order valence-electron chi connectivity index (χ0n) is 12.1. The molecule has 3 rings (SSSR count). The van der Waals surface area contributed by atoms with Crippen molar-refractivity contribution in [2.45, 2.75) is 69.9 Å². The van der Waals surface area contributed by atoms with Gasteiger partial charge in [-0.15, -0.1) is 0 Å². The smallest absolute Gasteiger partial charge is 0.0773 e. The summed E-state index contributed by atoms with van der Waals surface area (Å²) in [5.41, 5.74) is 0.0663. The van der Waals surface area contributed by atoms with Gasteiger partial charge in [0.1, 0.15) is 0 Å². The van der Waals surface area contributed by atoms with Gasteiger partial charge < -0.3 is 9.84 Å². The number of likely N-dealkylation sites (tertiary alicyclic amines) is 1. The van der Waals surface area contributed by atoms with Gasteiger partial charge in [0.05, 0.1) is 12.7 Å². The van der Waals surface area contributed by atoms with Crippen molar-refractivity contribution in [2.75, 3.05) is 26.3 Å². The molecule has 2 heterocycles. The van der Waals surface area contributed by atoms with Crippen LogP contribution in [0.5, 0.6) is 0 Å². The van der Waals surface area contributed by atoms with E-state index in [2.05, 4.69) is 4.90 Å². The highest BCUT2D eigenvalue weighted by Crippen LogP contribution is 2.44. The van der Waals surface area contributed by atoms with Gasteiger partial charge in [-0.25, -0.2) is 0 Å². The van der Waals surface area contributed by atoms with E-state index in [0.29, 0.717) is 6.04 Å². The van der Waals surface area contributed by atoms with E-state index in [1.54, 1.807) is 0 Å². The lowest BCUT2D eigenvalue weighted by atomic mass is 9.67. The van der Waals surface area contributed by atoms with E-state index in [9.17, 15) is 5.11 Å². The molecule has 1 spiro atoms. The van der Waals surface area contributed by atoms with Crippen molar-refractivity contribution >= 4 is 0 Å². The van der Waals surface area contributed by atoms with E-state index >= 15 is 0 Å². The van der Waals surface area contributed by atoms with Crippen molar-refractivity contribution in [1.29, 1.82) is 0 Å². The minimum atomic E-state index is -0.169. The summed E-state index contributed by atoms with van der Waals surface area (Å²) in [6, 6.07) is 0.399. The Labute approximate surface area is 117 Å². The second-order valence-corrected chi connectivity index (χ2v) is 6.87. The van der Waals surface area contributed by atoms with E-state index in [0.717, 1.165) is 13.2 Å². The Morgan fingerprint density at radius 3 is 2.58 bits per heavy atom. The lowest BCUT2D eigenvalue weighted by Gasteiger charge is -2.49. The number of hydrogen-bond donors (Lipinski definition) is 1. The van der Waals surface area contributed by atoms with Gasteiger partial charge in [-0.3, -0.25) is 4.90 Å². The molecule has 0 aromatic carbocycles. The van der Waals surface area contributed by atoms with Crippen LogP contribution < -0.4 is 0 Å². The zero-order valence-corrected chi connectivity index (χ0v) is 12.1. The van der Waals surface area contributed by atoms with Crippen LogP contribution in [0.2, 0.25) is 0 Å². The summed E-state index contributed by atoms with van der Waals surface area (Å²) < 4.78 is 5.82. The van der Waals surface area contributed by atoms with Crippen LogP contribution in [0.1, 0.15) is 57.8 Å². The summed E-state index contributed by atoms with van der Waals surface area (Å²) in [5, 5.41) is 11.0. The van der Waals surface area contributed by atoms with Crippen LogP contribution in [0, 0.1) is 5.41 Å². The van der Waals surface area contributed by atoms with Crippen molar-refractivity contribution in [3.63, 3.8) is 0 Å². The van der Waals surface area contributed by atoms with Gasteiger partial charge in [-0.05, 0) is 51.6 Å². The number of piperidine rings is 1. The van der Waals surface area contributed by atoms with Crippen LogP contribution in [0.3, 0.4) is 0 Å². The summed E-state index contributed by atoms with van der Waals surface area (Å²) in [6.07, 6.45) is 11.0. The summed E-state index contributed by atoms with van der Waals surface area (Å²) >= 11 is 0. The Hall–Kier alpha value is -0.120. The quantitative estimate of drug-likeness (QED) is 0.792. The van der Waals surface area contributed by atoms with E-state index in [-0.39, 0.29) is 11.5 Å². The molecule has 2 aliphatic heterocycles. The average molecular weight is 267 g/mol. The molecule has 0 aromatic rings. The van der Waals surface area contributed by atoms with Crippen LogP contribution in [-0.2, 0) is 4.74 Å². The monoisotopic (exact) mass is 267 g/mol. The number of hydrogen-bond acceptors (Lipinski definition) is 3. The highest BCUT2D eigenvalue weighted by atomic mass is 16.5. The molecule has 1 N–H and O–H groups in total. The second kappa shape index (κ2) is 6.11. The fourth-order valence-electron chi connectivity index (χ4n) is 4.47. The normalized spacial score (nSPS) is 42.2. The molecule has 3 heteroatoms. The van der Waals surface area contributed by atoms with Gasteiger partial charge in [-0.2, -0.15) is 0 Å². The van der Waals surface area contributed by atoms with Gasteiger partial charge in [0, 0.05) is 18.1 Å². The molecule has 3 nitrogen and oxygen atoms in total. The summed E-state index contributed by atoms with van der Waals surface area (Å²) in [5.74, 6) is 0. The SMILES string of the molecule is O[C@H]1[C@H](N2CCCCC2)CCC[C@]12CCCCOC2. The van der Waals surface area contributed by atoms with Crippen LogP contribution in [0.4, 0.5) is 0 Å². The molecule has 3 aliphatic rings. The first-order chi connectivity index (χ1) is 9.32. The van der Waals surface area contributed by atoms with Crippen molar-refractivity contribution < 1.29 is 9.84 Å². The van der Waals surface area contributed by atoms with E-state index in [1.807, 2.05) is 0 Å². The average Bonchev–Trinajstić information content (AvgIpc) is 2.70. The van der Waals surface area contributed by atoms with Gasteiger partial charge in [0.2, 0.25) is 0 Å². The van der Waals surface area contributed by atoms with Crippen LogP contribution in [0.25, 0.3) is 0 Å². The molecular weight excluding hydrogens is 238 g/mol. The first-order valence-electron chi connectivity index (χ1n) is 8.32. The van der Waals surface area contributed by atoms with Gasteiger partial charge >= 0.3 is 0 Å². The number of aliphatic hydroxyl groups excluding tert-OH is 1. The predicted molar refractivity (Wildman–Crippen MR) is 76.2 cm³/mol. The van der Waals surface area contributed by atoms with Crippen molar-refractivity contribution in [3.8, 4) is 0 Å². The molecular formula is C16H29NO2. The van der Waals surface area contributed by atoms with Crippen molar-refractivity contribution in [3.05, 3.63) is 0 Å². The first-order valence-corrected chi connectivity index (χ1v) is 8.32. The van der Waals surface area contributed by atoms with Crippen molar-refractivity contribution in [2.24, 2.45) is 5.41 Å². The number of aliphatic hydroxyl groups is 1. The van der Waals surface area contributed by atoms with E-state index in [4.69, 9.17) is 4.74 Å². The topological polar surface area (TPSA) is 32.7 Å². The van der Waals surface area contributed by atoms with Gasteiger partial charge in [0.25, 0.3) is 0 Å². The Morgan fingerprint density at radius 2 is 1.74 bits per heavy atom. The van der Waals surface area contributed by atoms with Gasteiger partial charge in [0.15, 0.2) is 0 Å². The molecule has 3 fully saturated rings. The molecule has 0 radical (unpaired) electrons. The predicted octanol–water partition coefficient (Wildman–Crippen LogP) is 2.57. The molecule has 19 heavy (non-hydrogen) atoms. The number of nitrogens with zero attached hydrogens (tertiary/aromatic N) is 1. The minimum absolute atomic E-state index is 0.0663. The van der Waals surface area contributed by atoms with E-state index in [1.165, 1.54) is 70.9 Å². The summed E-state index contributed by atoms with van der Waals surface area (Å²) in [6.45, 7) is 4.07. The minimum Gasteiger partial charge on any atom is -0.391 e. The lowest BCUT2D eigenvalue weighted by Crippen LogP contribution is -2.56. The third-order valence-electron chi connectivity index (χ3n) is 5.63. The van der Waals surface area contributed by atoms with Crippen LogP contribution in [-0.4, -0.2) is 48.5 Å². The molecule has 0 bridgehead atoms. The van der Waals surface area contributed by atoms with Crippen molar-refractivity contribution in [1.82, 2.24) is 4.90 Å². The Kier molecular flexibility index (Phi) is 4.45. The molecule has 1 saturated carbocycles. The summed E-state index contributed by atoms with van der Waals surface area (Å²) in [4.78, 5) is 2.57. The number of rotatable bonds is 1. The fraction of sp³-hybridized carbons (Fsp3) is 1.00. The maximum Gasteiger partial charge on any atom is 0.0773 e. The van der Waals surface area contributed by atoms with Crippen LogP contribution in [0.15, 0.2) is 0 Å².